The lowest BCUT2D eigenvalue weighted by Gasteiger charge is -2.08. The summed E-state index contributed by atoms with van der Waals surface area (Å²) in [6.45, 7) is 4.23. The standard InChI is InChI=1S/C13H15NO2S/c1-9(2)11-5-3-10(4-6-11)7-12(13(15)16)14-8-17/h3-6,9,12H,7H2,1-2H3,(H,15,16). The molecule has 0 heterocycles. The van der Waals surface area contributed by atoms with E-state index in [4.69, 9.17) is 5.11 Å². The maximum absolute atomic E-state index is 10.9. The van der Waals surface area contributed by atoms with Gasteiger partial charge in [0, 0.05) is 6.42 Å². The summed E-state index contributed by atoms with van der Waals surface area (Å²) >= 11 is 4.44. The van der Waals surface area contributed by atoms with Crippen LogP contribution in [-0.4, -0.2) is 22.3 Å². The molecule has 90 valence electrons. The molecule has 0 radical (unpaired) electrons. The maximum atomic E-state index is 10.9. The number of thiocarbonyl (C=S) groups is 1. The van der Waals surface area contributed by atoms with Crippen LogP contribution in [0.4, 0.5) is 0 Å². The molecule has 1 atom stereocenters. The Balaban J connectivity index is 2.80. The number of aliphatic imine (C=N–C) groups is 1. The maximum Gasteiger partial charge on any atom is 0.329 e. The quantitative estimate of drug-likeness (QED) is 0.645. The summed E-state index contributed by atoms with van der Waals surface area (Å²) in [5, 5.41) is 11.1. The highest BCUT2D eigenvalue weighted by Crippen LogP contribution is 2.16. The first-order valence-corrected chi connectivity index (χ1v) is 5.84. The smallest absolute Gasteiger partial charge is 0.329 e. The Labute approximate surface area is 106 Å². The minimum absolute atomic E-state index is 0.345. The summed E-state index contributed by atoms with van der Waals surface area (Å²) in [6.07, 6.45) is 0.345. The number of carbonyl (C=O) groups is 1. The van der Waals surface area contributed by atoms with Gasteiger partial charge in [-0.05, 0) is 29.3 Å². The Kier molecular flexibility index (Phi) is 5.01. The lowest BCUT2D eigenvalue weighted by atomic mass is 9.99. The topological polar surface area (TPSA) is 49.7 Å². The summed E-state index contributed by atoms with van der Waals surface area (Å²) in [5.74, 6) is -0.506. The molecule has 1 aromatic rings. The molecule has 17 heavy (non-hydrogen) atoms. The number of carboxylic acids is 1. The molecule has 1 aromatic carbocycles. The zero-order chi connectivity index (χ0) is 12.8. The van der Waals surface area contributed by atoms with Crippen molar-refractivity contribution in [1.82, 2.24) is 0 Å². The van der Waals surface area contributed by atoms with Crippen molar-refractivity contribution < 1.29 is 9.90 Å². The Bertz CT molecular complexity index is 431. The van der Waals surface area contributed by atoms with Gasteiger partial charge in [-0.15, -0.1) is 0 Å². The van der Waals surface area contributed by atoms with Gasteiger partial charge in [-0.1, -0.05) is 38.1 Å². The fraction of sp³-hybridized carbons (Fsp3) is 0.385. The van der Waals surface area contributed by atoms with E-state index in [-0.39, 0.29) is 0 Å². The van der Waals surface area contributed by atoms with Crippen LogP contribution in [0.1, 0.15) is 30.9 Å². The van der Waals surface area contributed by atoms with E-state index in [9.17, 15) is 4.79 Å². The average molecular weight is 249 g/mol. The Morgan fingerprint density at radius 2 is 2.00 bits per heavy atom. The van der Waals surface area contributed by atoms with Crippen molar-refractivity contribution >= 4 is 23.3 Å². The average Bonchev–Trinajstić information content (AvgIpc) is 2.29. The van der Waals surface area contributed by atoms with Gasteiger partial charge in [-0.2, -0.15) is 0 Å². The van der Waals surface area contributed by atoms with E-state index in [1.165, 1.54) is 5.56 Å². The Morgan fingerprint density at radius 1 is 1.41 bits per heavy atom. The summed E-state index contributed by atoms with van der Waals surface area (Å²) in [5.41, 5.74) is 2.18. The van der Waals surface area contributed by atoms with Crippen molar-refractivity contribution in [2.24, 2.45) is 4.99 Å². The van der Waals surface area contributed by atoms with Crippen LogP contribution < -0.4 is 0 Å². The van der Waals surface area contributed by atoms with Gasteiger partial charge in [0.2, 0.25) is 0 Å². The van der Waals surface area contributed by atoms with E-state index in [1.807, 2.05) is 24.3 Å². The Hall–Kier alpha value is -1.51. The summed E-state index contributed by atoms with van der Waals surface area (Å²) in [4.78, 5) is 14.5. The number of hydrogen-bond donors (Lipinski definition) is 1. The van der Waals surface area contributed by atoms with Gasteiger partial charge >= 0.3 is 5.97 Å². The van der Waals surface area contributed by atoms with Crippen LogP contribution in [-0.2, 0) is 11.2 Å². The lowest BCUT2D eigenvalue weighted by Crippen LogP contribution is -2.20. The van der Waals surface area contributed by atoms with Gasteiger partial charge in [0.15, 0.2) is 6.04 Å². The largest absolute Gasteiger partial charge is 0.480 e. The molecule has 1 rings (SSSR count). The number of benzene rings is 1. The molecule has 0 aliphatic rings. The third-order valence-corrected chi connectivity index (χ3v) is 2.67. The van der Waals surface area contributed by atoms with E-state index in [2.05, 4.69) is 36.2 Å². The van der Waals surface area contributed by atoms with Gasteiger partial charge in [-0.25, -0.2) is 9.79 Å². The van der Waals surface area contributed by atoms with Gasteiger partial charge in [0.05, 0.1) is 5.16 Å². The fourth-order valence-corrected chi connectivity index (χ4v) is 1.64. The number of rotatable bonds is 5. The third kappa shape index (κ3) is 4.10. The van der Waals surface area contributed by atoms with Crippen LogP contribution in [0.2, 0.25) is 0 Å². The second-order valence-corrected chi connectivity index (χ2v) is 4.36. The van der Waals surface area contributed by atoms with Gasteiger partial charge in [-0.3, -0.25) is 0 Å². The molecule has 1 unspecified atom stereocenters. The number of hydrogen-bond acceptors (Lipinski definition) is 3. The minimum atomic E-state index is -0.977. The molecular weight excluding hydrogens is 234 g/mol. The highest BCUT2D eigenvalue weighted by atomic mass is 32.1. The zero-order valence-corrected chi connectivity index (χ0v) is 10.7. The molecule has 0 saturated carbocycles. The van der Waals surface area contributed by atoms with Gasteiger partial charge < -0.3 is 5.11 Å². The first-order chi connectivity index (χ1) is 8.04. The molecule has 3 nitrogen and oxygen atoms in total. The van der Waals surface area contributed by atoms with Crippen LogP contribution in [0.25, 0.3) is 0 Å². The van der Waals surface area contributed by atoms with Crippen LogP contribution in [0.15, 0.2) is 29.3 Å². The second kappa shape index (κ2) is 6.28. The Morgan fingerprint density at radius 3 is 2.41 bits per heavy atom. The molecule has 0 aromatic heterocycles. The normalized spacial score (nSPS) is 11.9. The summed E-state index contributed by atoms with van der Waals surface area (Å²) in [6, 6.07) is 7.06. The third-order valence-electron chi connectivity index (χ3n) is 2.57. The summed E-state index contributed by atoms with van der Waals surface area (Å²) < 4.78 is 0. The summed E-state index contributed by atoms with van der Waals surface area (Å²) in [7, 11) is 0. The first kappa shape index (κ1) is 13.6. The van der Waals surface area contributed by atoms with E-state index in [1.54, 1.807) is 0 Å². The first-order valence-electron chi connectivity index (χ1n) is 5.43. The van der Waals surface area contributed by atoms with E-state index < -0.39 is 12.0 Å². The van der Waals surface area contributed by atoms with Crippen molar-refractivity contribution in [1.29, 1.82) is 0 Å². The predicted octanol–water partition coefficient (Wildman–Crippen LogP) is 2.91. The fourth-order valence-electron chi connectivity index (χ4n) is 1.51. The molecule has 0 bridgehead atoms. The van der Waals surface area contributed by atoms with Crippen molar-refractivity contribution in [3.05, 3.63) is 35.4 Å². The van der Waals surface area contributed by atoms with Gasteiger partial charge in [0.25, 0.3) is 0 Å². The van der Waals surface area contributed by atoms with Crippen LogP contribution in [0.3, 0.4) is 0 Å². The van der Waals surface area contributed by atoms with E-state index >= 15 is 0 Å². The molecule has 0 aliphatic heterocycles. The van der Waals surface area contributed by atoms with Gasteiger partial charge in [0.1, 0.15) is 0 Å². The highest BCUT2D eigenvalue weighted by Gasteiger charge is 2.16. The minimum Gasteiger partial charge on any atom is -0.480 e. The highest BCUT2D eigenvalue weighted by molar-refractivity contribution is 7.78. The molecule has 0 spiro atoms. The SMILES string of the molecule is CC(C)c1ccc(CC(N=C=S)C(=O)O)cc1. The van der Waals surface area contributed by atoms with Crippen molar-refractivity contribution in [2.45, 2.75) is 32.2 Å². The molecule has 0 amide bonds. The van der Waals surface area contributed by atoms with Crippen LogP contribution >= 0.6 is 12.2 Å². The van der Waals surface area contributed by atoms with Crippen molar-refractivity contribution in [3.63, 3.8) is 0 Å². The molecule has 1 N–H and O–H groups in total. The number of nitrogens with zero attached hydrogens (tertiary/aromatic N) is 1. The van der Waals surface area contributed by atoms with Crippen LogP contribution in [0.5, 0.6) is 0 Å². The number of isothiocyanates is 1. The predicted molar refractivity (Wildman–Crippen MR) is 70.7 cm³/mol. The van der Waals surface area contributed by atoms with Crippen molar-refractivity contribution in [3.8, 4) is 0 Å². The molecule has 4 heteroatoms. The molecule has 0 fully saturated rings. The molecule has 0 saturated heterocycles. The van der Waals surface area contributed by atoms with Crippen LogP contribution in [0, 0.1) is 0 Å². The second-order valence-electron chi connectivity index (χ2n) is 4.17. The number of carboxylic acid groups (broad SMARTS) is 1. The number of aliphatic carboxylic acids is 1. The monoisotopic (exact) mass is 249 g/mol. The molecular formula is C13H15NO2S. The van der Waals surface area contributed by atoms with Crippen molar-refractivity contribution in [2.75, 3.05) is 0 Å². The van der Waals surface area contributed by atoms with E-state index in [0.717, 1.165) is 5.56 Å². The zero-order valence-electron chi connectivity index (χ0n) is 9.88. The molecule has 0 aliphatic carbocycles. The van der Waals surface area contributed by atoms with E-state index in [0.29, 0.717) is 12.3 Å². The lowest BCUT2D eigenvalue weighted by molar-refractivity contribution is -0.138.